The van der Waals surface area contributed by atoms with E-state index in [-0.39, 0.29) is 5.92 Å². The van der Waals surface area contributed by atoms with Crippen molar-refractivity contribution in [2.45, 2.75) is 13.3 Å². The topological polar surface area (TPSA) is 67.2 Å². The molecule has 0 aliphatic rings. The molecular weight excluding hydrogens is 194 g/mol. The minimum Gasteiger partial charge on any atom is -0.481 e. The molecule has 0 aliphatic heterocycles. The molecule has 1 aromatic heterocycles. The Hall–Kier alpha value is -1.36. The van der Waals surface area contributed by atoms with Crippen LogP contribution in [0.4, 0.5) is 0 Å². The third-order valence-electron chi connectivity index (χ3n) is 2.32. The lowest BCUT2D eigenvalue weighted by Gasteiger charge is -2.07. The number of carboxylic acids is 1. The fraction of sp³-hybridized carbons (Fsp3) is 0.600. The molecule has 0 saturated heterocycles. The van der Waals surface area contributed by atoms with Crippen molar-refractivity contribution >= 4 is 5.97 Å². The summed E-state index contributed by atoms with van der Waals surface area (Å²) in [6.45, 7) is 2.94. The van der Waals surface area contributed by atoms with Gasteiger partial charge in [0.25, 0.3) is 0 Å². The molecule has 1 rings (SSSR count). The molecule has 15 heavy (non-hydrogen) atoms. The third-order valence-corrected chi connectivity index (χ3v) is 2.32. The SMILES string of the molecule is CC(CNCCc1nccn1C)C(=O)O. The van der Waals surface area contributed by atoms with Crippen molar-refractivity contribution in [3.63, 3.8) is 0 Å². The van der Waals surface area contributed by atoms with Crippen LogP contribution in [0.1, 0.15) is 12.7 Å². The van der Waals surface area contributed by atoms with Crippen LogP contribution in [0.5, 0.6) is 0 Å². The number of aryl methyl sites for hydroxylation is 1. The van der Waals surface area contributed by atoms with Gasteiger partial charge in [0.2, 0.25) is 0 Å². The maximum absolute atomic E-state index is 10.5. The molecule has 1 aromatic rings. The first-order valence-corrected chi connectivity index (χ1v) is 5.01. The zero-order valence-electron chi connectivity index (χ0n) is 9.10. The summed E-state index contributed by atoms with van der Waals surface area (Å²) in [5, 5.41) is 11.8. The standard InChI is InChI=1S/C10H17N3O2/c1-8(10(14)15)7-11-4-3-9-12-5-6-13(9)2/h5-6,8,11H,3-4,7H2,1-2H3,(H,14,15). The van der Waals surface area contributed by atoms with E-state index in [0.717, 1.165) is 18.8 Å². The van der Waals surface area contributed by atoms with Gasteiger partial charge in [0, 0.05) is 39.0 Å². The van der Waals surface area contributed by atoms with Crippen molar-refractivity contribution in [2.75, 3.05) is 13.1 Å². The monoisotopic (exact) mass is 211 g/mol. The lowest BCUT2D eigenvalue weighted by Crippen LogP contribution is -2.28. The molecule has 5 heteroatoms. The van der Waals surface area contributed by atoms with Crippen LogP contribution in [0.25, 0.3) is 0 Å². The molecule has 0 fully saturated rings. The van der Waals surface area contributed by atoms with E-state index in [0.29, 0.717) is 6.54 Å². The van der Waals surface area contributed by atoms with E-state index >= 15 is 0 Å². The van der Waals surface area contributed by atoms with E-state index in [1.807, 2.05) is 17.8 Å². The summed E-state index contributed by atoms with van der Waals surface area (Å²) in [6, 6.07) is 0. The predicted octanol–water partition coefficient (Wildman–Crippen LogP) is 0.273. The number of aromatic nitrogens is 2. The molecule has 0 aromatic carbocycles. The normalized spacial score (nSPS) is 12.7. The number of nitrogens with one attached hydrogen (secondary N) is 1. The van der Waals surface area contributed by atoms with Crippen LogP contribution in [0.3, 0.4) is 0 Å². The van der Waals surface area contributed by atoms with Crippen LogP contribution in [0, 0.1) is 5.92 Å². The van der Waals surface area contributed by atoms with Crippen LogP contribution in [0.15, 0.2) is 12.4 Å². The first-order chi connectivity index (χ1) is 7.11. The Kier molecular flexibility index (Phi) is 4.30. The zero-order chi connectivity index (χ0) is 11.3. The van der Waals surface area contributed by atoms with Crippen molar-refractivity contribution in [3.8, 4) is 0 Å². The Morgan fingerprint density at radius 3 is 3.00 bits per heavy atom. The molecule has 0 radical (unpaired) electrons. The first-order valence-electron chi connectivity index (χ1n) is 5.01. The van der Waals surface area contributed by atoms with Gasteiger partial charge in [-0.05, 0) is 0 Å². The van der Waals surface area contributed by atoms with Crippen molar-refractivity contribution in [1.82, 2.24) is 14.9 Å². The molecule has 5 nitrogen and oxygen atoms in total. The molecule has 0 bridgehead atoms. The van der Waals surface area contributed by atoms with Crippen molar-refractivity contribution in [2.24, 2.45) is 13.0 Å². The molecule has 1 unspecified atom stereocenters. The van der Waals surface area contributed by atoms with Gasteiger partial charge in [-0.3, -0.25) is 4.79 Å². The molecule has 0 saturated carbocycles. The highest BCUT2D eigenvalue weighted by molar-refractivity contribution is 5.69. The Labute approximate surface area is 89.1 Å². The van der Waals surface area contributed by atoms with Gasteiger partial charge in [0.1, 0.15) is 5.82 Å². The average molecular weight is 211 g/mol. The number of nitrogens with zero attached hydrogens (tertiary/aromatic N) is 2. The Morgan fingerprint density at radius 1 is 1.73 bits per heavy atom. The molecule has 84 valence electrons. The second kappa shape index (κ2) is 5.50. The van der Waals surface area contributed by atoms with E-state index in [1.54, 1.807) is 13.1 Å². The van der Waals surface area contributed by atoms with E-state index in [1.165, 1.54) is 0 Å². The highest BCUT2D eigenvalue weighted by Crippen LogP contribution is 1.95. The van der Waals surface area contributed by atoms with Crippen molar-refractivity contribution < 1.29 is 9.90 Å². The maximum atomic E-state index is 10.5. The van der Waals surface area contributed by atoms with Gasteiger partial charge in [-0.15, -0.1) is 0 Å². The minimum atomic E-state index is -0.764. The fourth-order valence-electron chi connectivity index (χ4n) is 1.24. The summed E-state index contributed by atoms with van der Waals surface area (Å²) in [4.78, 5) is 14.7. The van der Waals surface area contributed by atoms with Crippen LogP contribution in [-0.2, 0) is 18.3 Å². The molecule has 0 amide bonds. The van der Waals surface area contributed by atoms with E-state index in [4.69, 9.17) is 5.11 Å². The highest BCUT2D eigenvalue weighted by atomic mass is 16.4. The fourth-order valence-corrected chi connectivity index (χ4v) is 1.24. The van der Waals surface area contributed by atoms with Gasteiger partial charge >= 0.3 is 5.97 Å². The number of rotatable bonds is 6. The summed E-state index contributed by atoms with van der Waals surface area (Å²) in [5.74, 6) is -0.101. The molecule has 1 heterocycles. The smallest absolute Gasteiger partial charge is 0.307 e. The molecule has 1 atom stereocenters. The summed E-state index contributed by atoms with van der Waals surface area (Å²) >= 11 is 0. The van der Waals surface area contributed by atoms with Crippen LogP contribution < -0.4 is 5.32 Å². The molecule has 0 aliphatic carbocycles. The van der Waals surface area contributed by atoms with Gasteiger partial charge in [-0.1, -0.05) is 6.92 Å². The lowest BCUT2D eigenvalue weighted by atomic mass is 10.2. The number of hydrogen-bond donors (Lipinski definition) is 2. The van der Waals surface area contributed by atoms with Gasteiger partial charge < -0.3 is 15.0 Å². The summed E-state index contributed by atoms with van der Waals surface area (Å²) < 4.78 is 1.96. The minimum absolute atomic E-state index is 0.341. The third kappa shape index (κ3) is 3.71. The lowest BCUT2D eigenvalue weighted by molar-refractivity contribution is -0.140. The maximum Gasteiger partial charge on any atom is 0.307 e. The van der Waals surface area contributed by atoms with Gasteiger partial charge in [0.15, 0.2) is 0 Å². The Balaban J connectivity index is 2.17. The Bertz CT molecular complexity index is 322. The molecule has 2 N–H and O–H groups in total. The zero-order valence-corrected chi connectivity index (χ0v) is 9.10. The predicted molar refractivity (Wildman–Crippen MR) is 56.6 cm³/mol. The number of hydrogen-bond acceptors (Lipinski definition) is 3. The number of carboxylic acid groups (broad SMARTS) is 1. The average Bonchev–Trinajstić information content (AvgIpc) is 2.58. The van der Waals surface area contributed by atoms with E-state index in [9.17, 15) is 4.79 Å². The number of aliphatic carboxylic acids is 1. The first kappa shape index (κ1) is 11.7. The largest absolute Gasteiger partial charge is 0.481 e. The second-order valence-corrected chi connectivity index (χ2v) is 3.65. The molecular formula is C10H17N3O2. The number of carbonyl (C=O) groups is 1. The van der Waals surface area contributed by atoms with E-state index < -0.39 is 5.97 Å². The summed E-state index contributed by atoms with van der Waals surface area (Å²) in [5.41, 5.74) is 0. The van der Waals surface area contributed by atoms with Crippen LogP contribution >= 0.6 is 0 Å². The van der Waals surface area contributed by atoms with Crippen molar-refractivity contribution in [1.29, 1.82) is 0 Å². The highest BCUT2D eigenvalue weighted by Gasteiger charge is 2.09. The quantitative estimate of drug-likeness (QED) is 0.663. The van der Waals surface area contributed by atoms with Gasteiger partial charge in [-0.25, -0.2) is 4.98 Å². The van der Waals surface area contributed by atoms with Crippen LogP contribution in [0.2, 0.25) is 0 Å². The second-order valence-electron chi connectivity index (χ2n) is 3.65. The van der Waals surface area contributed by atoms with Gasteiger partial charge in [-0.2, -0.15) is 0 Å². The van der Waals surface area contributed by atoms with Crippen molar-refractivity contribution in [3.05, 3.63) is 18.2 Å². The van der Waals surface area contributed by atoms with Crippen LogP contribution in [-0.4, -0.2) is 33.7 Å². The Morgan fingerprint density at radius 2 is 2.47 bits per heavy atom. The number of imidazole rings is 1. The van der Waals surface area contributed by atoms with E-state index in [2.05, 4.69) is 10.3 Å². The molecule has 0 spiro atoms. The van der Waals surface area contributed by atoms with Gasteiger partial charge in [0.05, 0.1) is 5.92 Å². The summed E-state index contributed by atoms with van der Waals surface area (Å²) in [6.07, 6.45) is 4.47. The summed E-state index contributed by atoms with van der Waals surface area (Å²) in [7, 11) is 1.95.